The smallest absolute Gasteiger partial charge is 0.245 e. The maximum atomic E-state index is 12.8. The van der Waals surface area contributed by atoms with Gasteiger partial charge in [0.05, 0.1) is 10.5 Å². The fraction of sp³-hybridized carbons (Fsp3) is 0.286. The molecule has 2 rings (SSSR count). The SMILES string of the molecule is N#Cc1ccccc1S(=O)(=O)N1CCC[CH]C(=O)C1C(N)=O. The van der Waals surface area contributed by atoms with Crippen molar-refractivity contribution in [3.8, 4) is 6.07 Å². The lowest BCUT2D eigenvalue weighted by atomic mass is 10.1. The van der Waals surface area contributed by atoms with Crippen molar-refractivity contribution < 1.29 is 18.0 Å². The number of Topliss-reactive ketones (excluding diaryl/α,β-unsaturated/α-hetero) is 1. The maximum Gasteiger partial charge on any atom is 0.245 e. The Kier molecular flexibility index (Phi) is 4.59. The highest BCUT2D eigenvalue weighted by Gasteiger charge is 2.41. The lowest BCUT2D eigenvalue weighted by Gasteiger charge is -2.26. The summed E-state index contributed by atoms with van der Waals surface area (Å²) in [6, 6.07) is 5.86. The molecule has 1 fully saturated rings. The second-order valence-electron chi connectivity index (χ2n) is 4.78. The number of benzene rings is 1. The van der Waals surface area contributed by atoms with Gasteiger partial charge in [-0.3, -0.25) is 9.59 Å². The Balaban J connectivity index is 2.57. The van der Waals surface area contributed by atoms with Crippen molar-refractivity contribution in [2.75, 3.05) is 6.54 Å². The second-order valence-corrected chi connectivity index (χ2v) is 6.64. The fourth-order valence-corrected chi connectivity index (χ4v) is 4.08. The zero-order chi connectivity index (χ0) is 16.3. The molecule has 1 aliphatic rings. The van der Waals surface area contributed by atoms with Crippen molar-refractivity contribution in [3.63, 3.8) is 0 Å². The molecular weight excluding hydrogens is 306 g/mol. The van der Waals surface area contributed by atoms with Gasteiger partial charge >= 0.3 is 0 Å². The molecule has 1 aromatic carbocycles. The molecule has 1 atom stereocenters. The van der Waals surface area contributed by atoms with Crippen molar-refractivity contribution in [2.45, 2.75) is 23.8 Å². The number of amides is 1. The van der Waals surface area contributed by atoms with Crippen LogP contribution in [0, 0.1) is 17.8 Å². The zero-order valence-corrected chi connectivity index (χ0v) is 12.4. The van der Waals surface area contributed by atoms with Gasteiger partial charge in [-0.1, -0.05) is 12.1 Å². The summed E-state index contributed by atoms with van der Waals surface area (Å²) in [5.41, 5.74) is 5.16. The van der Waals surface area contributed by atoms with Gasteiger partial charge in [0.2, 0.25) is 15.9 Å². The lowest BCUT2D eigenvalue weighted by Crippen LogP contribution is -2.51. The van der Waals surface area contributed by atoms with Crippen molar-refractivity contribution in [1.29, 1.82) is 5.26 Å². The van der Waals surface area contributed by atoms with Crippen LogP contribution in [0.4, 0.5) is 0 Å². The van der Waals surface area contributed by atoms with Gasteiger partial charge in [0.1, 0.15) is 6.07 Å². The number of ketones is 1. The van der Waals surface area contributed by atoms with Crippen molar-refractivity contribution in [3.05, 3.63) is 36.2 Å². The molecule has 1 aliphatic heterocycles. The molecule has 1 radical (unpaired) electrons. The summed E-state index contributed by atoms with van der Waals surface area (Å²) in [4.78, 5) is 23.3. The highest BCUT2D eigenvalue weighted by molar-refractivity contribution is 7.89. The Hall–Kier alpha value is -2.24. The number of sulfonamides is 1. The Labute approximate surface area is 128 Å². The van der Waals surface area contributed by atoms with Crippen LogP contribution in [0.15, 0.2) is 29.2 Å². The van der Waals surface area contributed by atoms with E-state index in [4.69, 9.17) is 11.0 Å². The van der Waals surface area contributed by atoms with E-state index in [0.717, 1.165) is 4.31 Å². The topological polar surface area (TPSA) is 121 Å². The monoisotopic (exact) mass is 320 g/mol. The van der Waals surface area contributed by atoms with E-state index in [1.807, 2.05) is 0 Å². The van der Waals surface area contributed by atoms with Gasteiger partial charge in [-0.05, 0) is 25.0 Å². The van der Waals surface area contributed by atoms with Crippen LogP contribution in [0.5, 0.6) is 0 Å². The van der Waals surface area contributed by atoms with Crippen LogP contribution < -0.4 is 5.73 Å². The summed E-state index contributed by atoms with van der Waals surface area (Å²) in [5.74, 6) is -1.66. The Bertz CT molecular complexity index is 752. The van der Waals surface area contributed by atoms with Crippen LogP contribution in [0.3, 0.4) is 0 Å². The largest absolute Gasteiger partial charge is 0.368 e. The Morgan fingerprint density at radius 2 is 2.05 bits per heavy atom. The van der Waals surface area contributed by atoms with E-state index >= 15 is 0 Å². The molecule has 7 nitrogen and oxygen atoms in total. The van der Waals surface area contributed by atoms with E-state index in [1.165, 1.54) is 30.7 Å². The zero-order valence-electron chi connectivity index (χ0n) is 11.6. The molecule has 0 bridgehead atoms. The van der Waals surface area contributed by atoms with Crippen molar-refractivity contribution >= 4 is 21.7 Å². The third-order valence-electron chi connectivity index (χ3n) is 3.35. The van der Waals surface area contributed by atoms with Crippen LogP contribution in [-0.4, -0.2) is 37.0 Å². The summed E-state index contributed by atoms with van der Waals surface area (Å²) >= 11 is 0. The number of carbonyl (C=O) groups excluding carboxylic acids is 2. The number of nitrogens with two attached hydrogens (primary N) is 1. The summed E-state index contributed by atoms with van der Waals surface area (Å²) < 4.78 is 26.4. The third kappa shape index (κ3) is 2.86. The van der Waals surface area contributed by atoms with Gasteiger partial charge in [0, 0.05) is 13.0 Å². The van der Waals surface area contributed by atoms with Gasteiger partial charge in [0.15, 0.2) is 11.8 Å². The molecule has 0 saturated carbocycles. The first-order valence-corrected chi connectivity index (χ1v) is 8.01. The van der Waals surface area contributed by atoms with E-state index in [2.05, 4.69) is 0 Å². The van der Waals surface area contributed by atoms with Crippen LogP contribution >= 0.6 is 0 Å². The molecule has 8 heteroatoms. The minimum Gasteiger partial charge on any atom is -0.368 e. The minimum absolute atomic E-state index is 0.0159. The predicted octanol–water partition coefficient (Wildman–Crippen LogP) is -0.0299. The summed E-state index contributed by atoms with van der Waals surface area (Å²) in [6.07, 6.45) is 2.04. The average Bonchev–Trinajstić information content (AvgIpc) is 2.69. The summed E-state index contributed by atoms with van der Waals surface area (Å²) in [6.45, 7) is -0.0159. The molecule has 1 heterocycles. The van der Waals surface area contributed by atoms with E-state index in [9.17, 15) is 18.0 Å². The molecule has 0 aromatic heterocycles. The number of nitrogens with zero attached hydrogens (tertiary/aromatic N) is 2. The Morgan fingerprint density at radius 1 is 1.36 bits per heavy atom. The number of rotatable bonds is 3. The van der Waals surface area contributed by atoms with Gasteiger partial charge < -0.3 is 5.73 Å². The Morgan fingerprint density at radius 3 is 2.68 bits per heavy atom. The average molecular weight is 320 g/mol. The van der Waals surface area contributed by atoms with Gasteiger partial charge in [-0.25, -0.2) is 8.42 Å². The first kappa shape index (κ1) is 16.1. The van der Waals surface area contributed by atoms with E-state index in [-0.39, 0.29) is 17.0 Å². The number of nitriles is 1. The normalized spacial score (nSPS) is 20.1. The van der Waals surface area contributed by atoms with E-state index in [1.54, 1.807) is 6.07 Å². The fourth-order valence-electron chi connectivity index (χ4n) is 2.33. The highest BCUT2D eigenvalue weighted by Crippen LogP contribution is 2.25. The standard InChI is InChI=1S/C14H14N3O4S/c15-9-10-5-1-2-7-12(10)22(20,21)17-8-4-3-6-11(18)13(17)14(16)19/h1-2,5-7,13H,3-4,8H2,(H2,16,19). The molecule has 1 amide bonds. The molecular formula is C14H14N3O4S. The van der Waals surface area contributed by atoms with E-state index < -0.39 is 27.8 Å². The number of carbonyl (C=O) groups is 2. The first-order valence-electron chi connectivity index (χ1n) is 6.57. The minimum atomic E-state index is -4.19. The molecule has 0 aliphatic carbocycles. The summed E-state index contributed by atoms with van der Waals surface area (Å²) in [7, 11) is -4.19. The van der Waals surface area contributed by atoms with Gasteiger partial charge in [-0.2, -0.15) is 9.57 Å². The van der Waals surface area contributed by atoms with Crippen LogP contribution in [0.2, 0.25) is 0 Å². The van der Waals surface area contributed by atoms with Gasteiger partial charge in [-0.15, -0.1) is 0 Å². The quantitative estimate of drug-likeness (QED) is 0.784. The molecule has 2 N–H and O–H groups in total. The van der Waals surface area contributed by atoms with Crippen molar-refractivity contribution in [1.82, 2.24) is 4.31 Å². The van der Waals surface area contributed by atoms with Crippen LogP contribution in [-0.2, 0) is 19.6 Å². The number of primary amides is 1. The highest BCUT2D eigenvalue weighted by atomic mass is 32.2. The maximum absolute atomic E-state index is 12.8. The van der Waals surface area contributed by atoms with Crippen molar-refractivity contribution in [2.24, 2.45) is 5.73 Å². The summed E-state index contributed by atoms with van der Waals surface area (Å²) in [5, 5.41) is 9.07. The third-order valence-corrected chi connectivity index (χ3v) is 5.27. The molecule has 115 valence electrons. The number of hydrogen-bond acceptors (Lipinski definition) is 5. The lowest BCUT2D eigenvalue weighted by molar-refractivity contribution is -0.129. The molecule has 22 heavy (non-hydrogen) atoms. The molecule has 1 saturated heterocycles. The van der Waals surface area contributed by atoms with E-state index in [0.29, 0.717) is 12.8 Å². The first-order chi connectivity index (χ1) is 10.4. The molecule has 1 unspecified atom stereocenters. The number of hydrogen-bond donors (Lipinski definition) is 1. The van der Waals surface area contributed by atoms with Crippen LogP contribution in [0.1, 0.15) is 18.4 Å². The van der Waals surface area contributed by atoms with Crippen LogP contribution in [0.25, 0.3) is 0 Å². The second kappa shape index (κ2) is 6.25. The van der Waals surface area contributed by atoms with Gasteiger partial charge in [0.25, 0.3) is 0 Å². The molecule has 0 spiro atoms. The predicted molar refractivity (Wildman–Crippen MR) is 76.6 cm³/mol. The molecule has 1 aromatic rings.